The highest BCUT2D eigenvalue weighted by molar-refractivity contribution is 7.90. The number of aromatic amines is 1. The van der Waals surface area contributed by atoms with Crippen LogP contribution in [0, 0.1) is 12.7 Å². The second kappa shape index (κ2) is 9.57. The van der Waals surface area contributed by atoms with Gasteiger partial charge in [-0.1, -0.05) is 30.3 Å². The van der Waals surface area contributed by atoms with Crippen LogP contribution in [0.25, 0.3) is 11.3 Å². The molecule has 2 aromatic carbocycles. The Morgan fingerprint density at radius 3 is 2.53 bits per heavy atom. The van der Waals surface area contributed by atoms with E-state index in [-0.39, 0.29) is 23.1 Å². The van der Waals surface area contributed by atoms with Crippen LogP contribution >= 0.6 is 0 Å². The highest BCUT2D eigenvalue weighted by Crippen LogP contribution is 2.30. The van der Waals surface area contributed by atoms with Gasteiger partial charge >= 0.3 is 0 Å². The van der Waals surface area contributed by atoms with Crippen molar-refractivity contribution in [2.24, 2.45) is 0 Å². The minimum atomic E-state index is -3.68. The summed E-state index contributed by atoms with van der Waals surface area (Å²) in [5, 5.41) is 23.3. The summed E-state index contributed by atoms with van der Waals surface area (Å²) in [5.41, 5.74) is 3.20. The molecule has 0 unspecified atom stereocenters. The zero-order valence-electron chi connectivity index (χ0n) is 18.4. The lowest BCUT2D eigenvalue weighted by molar-refractivity contribution is 0.276. The molecule has 176 valence electrons. The van der Waals surface area contributed by atoms with E-state index in [1.807, 2.05) is 43.3 Å². The molecule has 0 amide bonds. The fourth-order valence-corrected chi connectivity index (χ4v) is 4.12. The van der Waals surface area contributed by atoms with Crippen LogP contribution < -0.4 is 10.6 Å². The maximum Gasteiger partial charge on any atom is 0.229 e. The van der Waals surface area contributed by atoms with Crippen LogP contribution in [-0.2, 0) is 9.84 Å². The summed E-state index contributed by atoms with van der Waals surface area (Å²) >= 11 is 0. The third-order valence-corrected chi connectivity index (χ3v) is 6.18. The van der Waals surface area contributed by atoms with E-state index in [0.717, 1.165) is 23.6 Å². The van der Waals surface area contributed by atoms with Crippen LogP contribution in [-0.4, -0.2) is 46.6 Å². The van der Waals surface area contributed by atoms with Crippen molar-refractivity contribution in [3.05, 3.63) is 77.9 Å². The van der Waals surface area contributed by atoms with Crippen molar-refractivity contribution < 1.29 is 17.9 Å². The Bertz CT molecular complexity index is 1410. The zero-order valence-corrected chi connectivity index (χ0v) is 19.3. The van der Waals surface area contributed by atoms with Crippen LogP contribution in [0.5, 0.6) is 0 Å². The lowest BCUT2D eigenvalue weighted by Gasteiger charge is -2.19. The molecule has 4 rings (SSSR count). The number of nitrogens with one attached hydrogen (secondary N) is 3. The van der Waals surface area contributed by atoms with Crippen molar-refractivity contribution in [3.63, 3.8) is 0 Å². The summed E-state index contributed by atoms with van der Waals surface area (Å²) in [6.45, 7) is 1.68. The van der Waals surface area contributed by atoms with Crippen LogP contribution in [0.4, 0.5) is 21.8 Å². The summed E-state index contributed by atoms with van der Waals surface area (Å²) in [6, 6.07) is 14.5. The number of benzene rings is 2. The molecule has 11 heteroatoms. The fourth-order valence-electron chi connectivity index (χ4n) is 3.39. The van der Waals surface area contributed by atoms with Gasteiger partial charge in [-0.3, -0.25) is 5.10 Å². The van der Waals surface area contributed by atoms with E-state index in [4.69, 9.17) is 0 Å². The van der Waals surface area contributed by atoms with Gasteiger partial charge in [0, 0.05) is 23.8 Å². The van der Waals surface area contributed by atoms with Crippen molar-refractivity contribution in [2.75, 3.05) is 23.5 Å². The summed E-state index contributed by atoms with van der Waals surface area (Å²) in [7, 11) is -3.68. The molecule has 4 N–H and O–H groups in total. The molecule has 1 atom stereocenters. The number of hydrogen-bond acceptors (Lipinski definition) is 8. The smallest absolute Gasteiger partial charge is 0.229 e. The van der Waals surface area contributed by atoms with Crippen molar-refractivity contribution in [2.45, 2.75) is 17.9 Å². The van der Waals surface area contributed by atoms with Gasteiger partial charge in [0.05, 0.1) is 23.9 Å². The minimum Gasteiger partial charge on any atom is -0.394 e. The number of aromatic nitrogens is 4. The number of aliphatic hydroxyl groups excluding tert-OH is 1. The molecule has 0 radical (unpaired) electrons. The quantitative estimate of drug-likeness (QED) is 0.299. The summed E-state index contributed by atoms with van der Waals surface area (Å²) in [4.78, 5) is 8.45. The summed E-state index contributed by atoms with van der Waals surface area (Å²) in [6.07, 6.45) is 2.51. The largest absolute Gasteiger partial charge is 0.394 e. The highest BCUT2D eigenvalue weighted by Gasteiger charge is 2.18. The van der Waals surface area contributed by atoms with Gasteiger partial charge in [-0.2, -0.15) is 10.1 Å². The van der Waals surface area contributed by atoms with Gasteiger partial charge < -0.3 is 15.7 Å². The number of anilines is 3. The molecule has 2 aromatic heterocycles. The first-order valence-corrected chi connectivity index (χ1v) is 12.2. The number of sulfone groups is 1. The van der Waals surface area contributed by atoms with Gasteiger partial charge in [-0.25, -0.2) is 17.8 Å². The van der Waals surface area contributed by atoms with Crippen molar-refractivity contribution in [1.82, 2.24) is 20.2 Å². The molecule has 0 aliphatic heterocycles. The molecule has 4 aromatic rings. The number of halogens is 1. The van der Waals surface area contributed by atoms with Crippen LogP contribution in [0.3, 0.4) is 0 Å². The average molecular weight is 483 g/mol. The molecule has 0 aliphatic rings. The first kappa shape index (κ1) is 23.3. The van der Waals surface area contributed by atoms with E-state index in [2.05, 4.69) is 30.8 Å². The number of aliphatic hydroxyl groups is 1. The Morgan fingerprint density at radius 1 is 1.15 bits per heavy atom. The molecule has 2 heterocycles. The molecule has 0 aliphatic carbocycles. The molecule has 34 heavy (non-hydrogen) atoms. The predicted octanol–water partition coefficient (Wildman–Crippen LogP) is 3.61. The second-order valence-corrected chi connectivity index (χ2v) is 9.71. The first-order valence-electron chi connectivity index (χ1n) is 10.3. The van der Waals surface area contributed by atoms with E-state index in [1.54, 1.807) is 6.20 Å². The molecule has 0 saturated heterocycles. The molecule has 0 saturated carbocycles. The normalized spacial score (nSPS) is 12.4. The zero-order chi connectivity index (χ0) is 24.3. The molecule has 0 spiro atoms. The van der Waals surface area contributed by atoms with Crippen LogP contribution in [0.2, 0.25) is 0 Å². The number of aryl methyl sites for hydroxylation is 1. The lowest BCUT2D eigenvalue weighted by Crippen LogP contribution is -2.17. The highest BCUT2D eigenvalue weighted by atomic mass is 32.2. The topological polar surface area (TPSA) is 133 Å². The minimum absolute atomic E-state index is 0.148. The summed E-state index contributed by atoms with van der Waals surface area (Å²) in [5.74, 6) is -0.325. The Labute approximate surface area is 196 Å². The number of nitrogens with zero attached hydrogens (tertiary/aromatic N) is 3. The fraction of sp³-hybridized carbons (Fsp3) is 0.174. The standard InChI is InChI=1S/C23H23FN6O3S/c1-14-10-19(30-29-14)17-12-25-23(26-16-8-9-21(18(24)11-16)34(2,32)33)28-22(17)27-20(13-31)15-6-4-3-5-7-15/h3-12,20,31H,13H2,1-2H3,(H,29,30)(H2,25,26,27,28)/t20-/m1/s1. The molecular formula is C23H23FN6O3S. The van der Waals surface area contributed by atoms with E-state index in [0.29, 0.717) is 17.1 Å². The molecule has 0 fully saturated rings. The second-order valence-electron chi connectivity index (χ2n) is 7.72. The van der Waals surface area contributed by atoms with Gasteiger partial charge in [0.2, 0.25) is 5.95 Å². The number of hydrogen-bond donors (Lipinski definition) is 4. The Balaban J connectivity index is 1.69. The van der Waals surface area contributed by atoms with E-state index < -0.39 is 21.7 Å². The SMILES string of the molecule is Cc1cc(-c2cnc(Nc3ccc(S(C)(=O)=O)c(F)c3)nc2N[C@H](CO)c2ccccc2)n[nH]1. The van der Waals surface area contributed by atoms with Gasteiger partial charge in [-0.05, 0) is 36.8 Å². The Kier molecular flexibility index (Phi) is 6.57. The van der Waals surface area contributed by atoms with Crippen LogP contribution in [0.15, 0.2) is 65.7 Å². The monoisotopic (exact) mass is 482 g/mol. The average Bonchev–Trinajstić information content (AvgIpc) is 3.23. The van der Waals surface area contributed by atoms with Crippen LogP contribution in [0.1, 0.15) is 17.3 Å². The van der Waals surface area contributed by atoms with Crippen molar-refractivity contribution in [1.29, 1.82) is 0 Å². The molecular weight excluding hydrogens is 459 g/mol. The maximum atomic E-state index is 14.3. The van der Waals surface area contributed by atoms with Gasteiger partial charge in [0.25, 0.3) is 0 Å². The van der Waals surface area contributed by atoms with Crippen molar-refractivity contribution in [3.8, 4) is 11.3 Å². The number of H-pyrrole nitrogens is 1. The Hall–Kier alpha value is -3.83. The molecule has 9 nitrogen and oxygen atoms in total. The van der Waals surface area contributed by atoms with Crippen molar-refractivity contribution >= 4 is 27.3 Å². The summed E-state index contributed by atoms with van der Waals surface area (Å²) < 4.78 is 37.6. The first-order chi connectivity index (χ1) is 16.2. The van der Waals surface area contributed by atoms with E-state index >= 15 is 0 Å². The van der Waals surface area contributed by atoms with E-state index in [9.17, 15) is 17.9 Å². The third kappa shape index (κ3) is 5.21. The third-order valence-electron chi connectivity index (χ3n) is 5.05. The maximum absolute atomic E-state index is 14.3. The number of rotatable bonds is 8. The van der Waals surface area contributed by atoms with Gasteiger partial charge in [0.15, 0.2) is 9.84 Å². The van der Waals surface area contributed by atoms with E-state index in [1.165, 1.54) is 12.1 Å². The van der Waals surface area contributed by atoms with Gasteiger partial charge in [0.1, 0.15) is 16.5 Å². The van der Waals surface area contributed by atoms with Gasteiger partial charge in [-0.15, -0.1) is 0 Å². The molecule has 0 bridgehead atoms. The lowest BCUT2D eigenvalue weighted by atomic mass is 10.1. The Morgan fingerprint density at radius 2 is 1.91 bits per heavy atom. The predicted molar refractivity (Wildman–Crippen MR) is 127 cm³/mol.